The molecule has 1 rings (SSSR count). The average molecular weight is 305 g/mol. The van der Waals surface area contributed by atoms with Crippen LogP contribution in [-0.2, 0) is 26.0 Å². The summed E-state index contributed by atoms with van der Waals surface area (Å²) in [5, 5.41) is 9.06. The number of carboxylic acid groups (broad SMARTS) is 1. The summed E-state index contributed by atoms with van der Waals surface area (Å²) in [4.78, 5) is 17.6. The molecule has 0 aromatic carbocycles. The minimum Gasteiger partial charge on any atom is -0.480 e. The van der Waals surface area contributed by atoms with Crippen molar-refractivity contribution in [3.8, 4) is 0 Å². The van der Waals surface area contributed by atoms with Crippen molar-refractivity contribution in [1.29, 1.82) is 0 Å². The SMILES string of the molecule is CC(C)OCCS(=O)(=O)NC(Cc1cnc[nH]1)C(=O)O. The Hall–Kier alpha value is -1.45. The van der Waals surface area contributed by atoms with Crippen molar-refractivity contribution in [2.45, 2.75) is 32.4 Å². The Labute approximate surface area is 117 Å². The molecule has 1 aromatic heterocycles. The molecular weight excluding hydrogens is 286 g/mol. The maximum absolute atomic E-state index is 11.8. The summed E-state index contributed by atoms with van der Waals surface area (Å²) < 4.78 is 30.8. The van der Waals surface area contributed by atoms with Crippen LogP contribution in [0.3, 0.4) is 0 Å². The molecule has 0 fully saturated rings. The van der Waals surface area contributed by atoms with E-state index in [2.05, 4.69) is 14.7 Å². The Morgan fingerprint density at radius 1 is 1.55 bits per heavy atom. The van der Waals surface area contributed by atoms with Gasteiger partial charge in [-0.1, -0.05) is 0 Å². The van der Waals surface area contributed by atoms with Gasteiger partial charge in [-0.25, -0.2) is 18.1 Å². The van der Waals surface area contributed by atoms with Gasteiger partial charge in [-0.3, -0.25) is 4.79 Å². The van der Waals surface area contributed by atoms with Crippen molar-refractivity contribution in [3.05, 3.63) is 18.2 Å². The third-order valence-electron chi connectivity index (χ3n) is 2.40. The van der Waals surface area contributed by atoms with E-state index in [0.29, 0.717) is 5.69 Å². The van der Waals surface area contributed by atoms with E-state index >= 15 is 0 Å². The molecule has 1 atom stereocenters. The molecular formula is C11H19N3O5S. The first-order valence-electron chi connectivity index (χ1n) is 6.12. The van der Waals surface area contributed by atoms with Crippen molar-refractivity contribution in [3.63, 3.8) is 0 Å². The number of aromatic amines is 1. The van der Waals surface area contributed by atoms with Crippen molar-refractivity contribution < 1.29 is 23.1 Å². The topological polar surface area (TPSA) is 121 Å². The molecule has 0 saturated heterocycles. The normalized spacial score (nSPS) is 13.6. The summed E-state index contributed by atoms with van der Waals surface area (Å²) >= 11 is 0. The molecule has 0 aliphatic rings. The highest BCUT2D eigenvalue weighted by molar-refractivity contribution is 7.89. The van der Waals surface area contributed by atoms with Crippen molar-refractivity contribution in [2.75, 3.05) is 12.4 Å². The van der Waals surface area contributed by atoms with E-state index in [0.717, 1.165) is 0 Å². The second-order valence-electron chi connectivity index (χ2n) is 4.53. The lowest BCUT2D eigenvalue weighted by Gasteiger charge is -2.14. The summed E-state index contributed by atoms with van der Waals surface area (Å²) in [5.41, 5.74) is 0.540. The van der Waals surface area contributed by atoms with Gasteiger partial charge in [0.15, 0.2) is 0 Å². The van der Waals surface area contributed by atoms with Gasteiger partial charge < -0.3 is 14.8 Å². The molecule has 8 nitrogen and oxygen atoms in total. The van der Waals surface area contributed by atoms with E-state index in [-0.39, 0.29) is 24.9 Å². The Balaban J connectivity index is 2.58. The lowest BCUT2D eigenvalue weighted by Crippen LogP contribution is -2.44. The zero-order valence-electron chi connectivity index (χ0n) is 11.4. The molecule has 114 valence electrons. The number of H-pyrrole nitrogens is 1. The fourth-order valence-electron chi connectivity index (χ4n) is 1.46. The van der Waals surface area contributed by atoms with Crippen LogP contribution in [0, 0.1) is 0 Å². The van der Waals surface area contributed by atoms with Crippen LogP contribution in [-0.4, -0.2) is 54.0 Å². The summed E-state index contributed by atoms with van der Waals surface area (Å²) in [7, 11) is -3.71. The number of imidazole rings is 1. The Bertz CT molecular complexity index is 512. The number of nitrogens with one attached hydrogen (secondary N) is 2. The molecule has 0 amide bonds. The first-order valence-corrected chi connectivity index (χ1v) is 7.77. The molecule has 1 unspecified atom stereocenters. The van der Waals surface area contributed by atoms with Crippen LogP contribution < -0.4 is 4.72 Å². The third kappa shape index (κ3) is 6.13. The maximum Gasteiger partial charge on any atom is 0.322 e. The van der Waals surface area contributed by atoms with Crippen molar-refractivity contribution in [1.82, 2.24) is 14.7 Å². The molecule has 1 aromatic rings. The van der Waals surface area contributed by atoms with Crippen molar-refractivity contribution in [2.24, 2.45) is 0 Å². The number of carbonyl (C=O) groups is 1. The summed E-state index contributed by atoms with van der Waals surface area (Å²) in [6.07, 6.45) is 2.77. The van der Waals surface area contributed by atoms with Gasteiger partial charge in [-0.05, 0) is 13.8 Å². The lowest BCUT2D eigenvalue weighted by molar-refractivity contribution is -0.138. The molecule has 20 heavy (non-hydrogen) atoms. The zero-order chi connectivity index (χ0) is 15.2. The van der Waals surface area contributed by atoms with E-state index in [9.17, 15) is 13.2 Å². The van der Waals surface area contributed by atoms with Crippen LogP contribution >= 0.6 is 0 Å². The van der Waals surface area contributed by atoms with E-state index in [1.54, 1.807) is 13.8 Å². The number of aliphatic carboxylic acids is 1. The number of sulfonamides is 1. The van der Waals surface area contributed by atoms with E-state index < -0.39 is 22.0 Å². The zero-order valence-corrected chi connectivity index (χ0v) is 12.2. The Morgan fingerprint density at radius 3 is 2.75 bits per heavy atom. The summed E-state index contributed by atoms with van der Waals surface area (Å²) in [6.45, 7) is 3.60. The van der Waals surface area contributed by atoms with Gasteiger partial charge in [-0.15, -0.1) is 0 Å². The highest BCUT2D eigenvalue weighted by Gasteiger charge is 2.24. The largest absolute Gasteiger partial charge is 0.480 e. The smallest absolute Gasteiger partial charge is 0.322 e. The van der Waals surface area contributed by atoms with Gasteiger partial charge in [0.05, 0.1) is 24.8 Å². The van der Waals surface area contributed by atoms with Gasteiger partial charge in [0.25, 0.3) is 0 Å². The molecule has 0 aliphatic heterocycles. The molecule has 3 N–H and O–H groups in total. The number of hydrogen-bond acceptors (Lipinski definition) is 5. The third-order valence-corrected chi connectivity index (χ3v) is 3.75. The molecule has 0 saturated carbocycles. The van der Waals surface area contributed by atoms with Gasteiger partial charge in [0, 0.05) is 18.3 Å². The molecule has 0 aliphatic carbocycles. The highest BCUT2D eigenvalue weighted by atomic mass is 32.2. The monoisotopic (exact) mass is 305 g/mol. The fraction of sp³-hybridized carbons (Fsp3) is 0.636. The molecule has 0 spiro atoms. The molecule has 9 heteroatoms. The molecule has 0 radical (unpaired) electrons. The number of hydrogen-bond donors (Lipinski definition) is 3. The number of ether oxygens (including phenoxy) is 1. The van der Waals surface area contributed by atoms with Gasteiger partial charge in [0.2, 0.25) is 10.0 Å². The first-order chi connectivity index (χ1) is 9.30. The minimum atomic E-state index is -3.71. The van der Waals surface area contributed by atoms with Crippen LogP contribution in [0.2, 0.25) is 0 Å². The Morgan fingerprint density at radius 2 is 2.25 bits per heavy atom. The van der Waals surface area contributed by atoms with Crippen LogP contribution in [0.25, 0.3) is 0 Å². The van der Waals surface area contributed by atoms with E-state index in [1.807, 2.05) is 0 Å². The molecule has 1 heterocycles. The predicted octanol–water partition coefficient (Wildman–Crippen LogP) is -0.250. The maximum atomic E-state index is 11.8. The second kappa shape index (κ2) is 7.36. The van der Waals surface area contributed by atoms with Gasteiger partial charge in [0.1, 0.15) is 6.04 Å². The second-order valence-corrected chi connectivity index (χ2v) is 6.40. The standard InChI is InChI=1S/C11H19N3O5S/c1-8(2)19-3-4-20(17,18)14-10(11(15)16)5-9-6-12-7-13-9/h6-8,10,14H,3-5H2,1-2H3,(H,12,13)(H,15,16). The summed E-state index contributed by atoms with van der Waals surface area (Å²) in [5.74, 6) is -1.52. The van der Waals surface area contributed by atoms with Crippen LogP contribution in [0.1, 0.15) is 19.5 Å². The lowest BCUT2D eigenvalue weighted by atomic mass is 10.2. The quantitative estimate of drug-likeness (QED) is 0.578. The number of rotatable bonds is 9. The first kappa shape index (κ1) is 16.6. The number of nitrogens with zero attached hydrogens (tertiary/aromatic N) is 1. The van der Waals surface area contributed by atoms with Crippen LogP contribution in [0.4, 0.5) is 0 Å². The van der Waals surface area contributed by atoms with Gasteiger partial charge in [-0.2, -0.15) is 0 Å². The fourth-order valence-corrected chi connectivity index (χ4v) is 2.52. The van der Waals surface area contributed by atoms with Crippen LogP contribution in [0.5, 0.6) is 0 Å². The van der Waals surface area contributed by atoms with Crippen LogP contribution in [0.15, 0.2) is 12.5 Å². The average Bonchev–Trinajstić information content (AvgIpc) is 2.79. The summed E-state index contributed by atoms with van der Waals surface area (Å²) in [6, 6.07) is -1.24. The number of aromatic nitrogens is 2. The van der Waals surface area contributed by atoms with Crippen molar-refractivity contribution >= 4 is 16.0 Å². The number of carboxylic acids is 1. The van der Waals surface area contributed by atoms with E-state index in [4.69, 9.17) is 9.84 Å². The van der Waals surface area contributed by atoms with E-state index in [1.165, 1.54) is 12.5 Å². The van der Waals surface area contributed by atoms with Gasteiger partial charge >= 0.3 is 5.97 Å². The predicted molar refractivity (Wildman–Crippen MR) is 71.7 cm³/mol. The minimum absolute atomic E-state index is 0.000396. The molecule has 0 bridgehead atoms. The highest BCUT2D eigenvalue weighted by Crippen LogP contribution is 2.01. The Kier molecular flexibility index (Phi) is 6.11.